The number of halogens is 2. The highest BCUT2D eigenvalue weighted by Crippen LogP contribution is 2.34. The van der Waals surface area contributed by atoms with Gasteiger partial charge < -0.3 is 16.0 Å². The summed E-state index contributed by atoms with van der Waals surface area (Å²) in [5, 5.41) is 8.52. The zero-order valence-electron chi connectivity index (χ0n) is 21.0. The van der Waals surface area contributed by atoms with Gasteiger partial charge in [0.05, 0.1) is 12.1 Å². The number of carbonyl (C=O) groups excluding carboxylic acids is 4. The number of hydrogen-bond acceptors (Lipinski definition) is 6. The van der Waals surface area contributed by atoms with Gasteiger partial charge in [-0.05, 0) is 92.8 Å². The van der Waals surface area contributed by atoms with Gasteiger partial charge >= 0.3 is 6.03 Å². The minimum absolute atomic E-state index is 0.111. The zero-order chi connectivity index (χ0) is 27.3. The lowest BCUT2D eigenvalue weighted by Crippen LogP contribution is -2.52. The summed E-state index contributed by atoms with van der Waals surface area (Å²) in [5.41, 5.74) is 1.28. The Balaban J connectivity index is 0.00000121. The van der Waals surface area contributed by atoms with E-state index in [9.17, 15) is 23.6 Å². The molecule has 1 heterocycles. The largest absolute Gasteiger partial charge is 0.358 e. The SMILES string of the molecule is CC(=O)Nc1cccc(N/C2=C(\C)C(=O)N(c3ccc(I)cc3F)C(=O)N(C3CC3)C(=O)C2)c1.CNC. The predicted molar refractivity (Wildman–Crippen MR) is 149 cm³/mol. The molecule has 1 saturated carbocycles. The van der Waals surface area contributed by atoms with Gasteiger partial charge in [-0.2, -0.15) is 0 Å². The molecule has 2 aromatic carbocycles. The Hall–Kier alpha value is -3.32. The lowest BCUT2D eigenvalue weighted by Gasteiger charge is -2.32. The third kappa shape index (κ3) is 6.92. The van der Waals surface area contributed by atoms with Crippen molar-refractivity contribution >= 4 is 63.4 Å². The van der Waals surface area contributed by atoms with E-state index >= 15 is 0 Å². The van der Waals surface area contributed by atoms with Crippen molar-refractivity contribution in [2.45, 2.75) is 39.2 Å². The number of rotatable bonds is 5. The van der Waals surface area contributed by atoms with Crippen LogP contribution in [0.4, 0.5) is 26.2 Å². The number of anilines is 3. The minimum Gasteiger partial charge on any atom is -0.358 e. The Bertz CT molecular complexity index is 1260. The van der Waals surface area contributed by atoms with Gasteiger partial charge in [0.15, 0.2) is 0 Å². The summed E-state index contributed by atoms with van der Waals surface area (Å²) in [6.45, 7) is 2.88. The molecule has 9 nitrogen and oxygen atoms in total. The van der Waals surface area contributed by atoms with E-state index in [0.29, 0.717) is 33.5 Å². The molecule has 1 aliphatic heterocycles. The Morgan fingerprint density at radius 3 is 2.30 bits per heavy atom. The van der Waals surface area contributed by atoms with Crippen LogP contribution in [0.25, 0.3) is 0 Å². The predicted octanol–water partition coefficient (Wildman–Crippen LogP) is 4.46. The summed E-state index contributed by atoms with van der Waals surface area (Å²) >= 11 is 1.94. The van der Waals surface area contributed by atoms with E-state index in [4.69, 9.17) is 0 Å². The van der Waals surface area contributed by atoms with Crippen molar-refractivity contribution in [2.75, 3.05) is 29.6 Å². The summed E-state index contributed by atoms with van der Waals surface area (Å²) in [6, 6.07) is 9.82. The second-order valence-corrected chi connectivity index (χ2v) is 9.93. The Kier molecular flexibility index (Phi) is 9.38. The lowest BCUT2D eigenvalue weighted by molar-refractivity contribution is -0.128. The van der Waals surface area contributed by atoms with Crippen LogP contribution in [-0.4, -0.2) is 48.8 Å². The number of carbonyl (C=O) groups is 4. The fraction of sp³-hybridized carbons (Fsp3) is 0.308. The second kappa shape index (κ2) is 12.3. The quantitative estimate of drug-likeness (QED) is 0.426. The van der Waals surface area contributed by atoms with E-state index in [1.807, 2.05) is 36.7 Å². The Morgan fingerprint density at radius 2 is 1.70 bits per heavy atom. The number of amides is 5. The molecule has 4 rings (SSSR count). The molecule has 0 radical (unpaired) electrons. The van der Waals surface area contributed by atoms with Gasteiger partial charge in [-0.15, -0.1) is 0 Å². The molecule has 1 aliphatic carbocycles. The lowest BCUT2D eigenvalue weighted by atomic mass is 10.1. The van der Waals surface area contributed by atoms with Gasteiger partial charge in [-0.1, -0.05) is 6.07 Å². The first kappa shape index (κ1) is 28.3. The molecule has 0 unspecified atom stereocenters. The average Bonchev–Trinajstić information content (AvgIpc) is 3.64. The van der Waals surface area contributed by atoms with Crippen LogP contribution >= 0.6 is 22.6 Å². The Labute approximate surface area is 228 Å². The van der Waals surface area contributed by atoms with E-state index in [0.717, 1.165) is 9.80 Å². The molecule has 0 spiro atoms. The number of benzene rings is 2. The highest BCUT2D eigenvalue weighted by Gasteiger charge is 2.44. The van der Waals surface area contributed by atoms with Crippen molar-refractivity contribution < 1.29 is 23.6 Å². The molecular formula is C26H29FIN5O4. The summed E-state index contributed by atoms with van der Waals surface area (Å²) < 4.78 is 15.5. The van der Waals surface area contributed by atoms with Gasteiger partial charge in [0, 0.05) is 39.2 Å². The van der Waals surface area contributed by atoms with E-state index in [1.165, 1.54) is 26.0 Å². The molecule has 3 N–H and O–H groups in total. The van der Waals surface area contributed by atoms with Crippen LogP contribution in [0.1, 0.15) is 33.1 Å². The smallest absolute Gasteiger partial charge is 0.338 e. The molecule has 0 atom stereocenters. The molecule has 1 fully saturated rings. The van der Waals surface area contributed by atoms with Gasteiger partial charge in [-0.25, -0.2) is 14.1 Å². The maximum Gasteiger partial charge on any atom is 0.338 e. The van der Waals surface area contributed by atoms with Crippen molar-refractivity contribution in [3.63, 3.8) is 0 Å². The van der Waals surface area contributed by atoms with Crippen molar-refractivity contribution in [3.8, 4) is 0 Å². The first-order valence-corrected chi connectivity index (χ1v) is 12.7. The van der Waals surface area contributed by atoms with E-state index < -0.39 is 23.7 Å². The molecule has 196 valence electrons. The maximum absolute atomic E-state index is 14.9. The molecule has 2 aliphatic rings. The normalized spacial score (nSPS) is 18.1. The van der Waals surface area contributed by atoms with Crippen LogP contribution in [-0.2, 0) is 14.4 Å². The zero-order valence-corrected chi connectivity index (χ0v) is 23.2. The van der Waals surface area contributed by atoms with Crippen LogP contribution in [0.15, 0.2) is 53.7 Å². The van der Waals surface area contributed by atoms with Crippen molar-refractivity contribution in [3.05, 3.63) is 63.1 Å². The summed E-state index contributed by atoms with van der Waals surface area (Å²) in [7, 11) is 3.75. The van der Waals surface area contributed by atoms with Gasteiger partial charge in [-0.3, -0.25) is 19.3 Å². The molecule has 0 bridgehead atoms. The first-order valence-electron chi connectivity index (χ1n) is 11.7. The van der Waals surface area contributed by atoms with Crippen LogP contribution in [0.2, 0.25) is 0 Å². The summed E-state index contributed by atoms with van der Waals surface area (Å²) in [5.74, 6) is -2.17. The number of imide groups is 2. The second-order valence-electron chi connectivity index (χ2n) is 8.68. The van der Waals surface area contributed by atoms with E-state index in [1.54, 1.807) is 30.3 Å². The topological polar surface area (TPSA) is 111 Å². The van der Waals surface area contributed by atoms with Crippen LogP contribution in [0.3, 0.4) is 0 Å². The number of urea groups is 1. The first-order chi connectivity index (χ1) is 17.6. The molecule has 11 heteroatoms. The van der Waals surface area contributed by atoms with Crippen molar-refractivity contribution in [1.82, 2.24) is 10.2 Å². The number of hydrogen-bond donors (Lipinski definition) is 3. The molecule has 37 heavy (non-hydrogen) atoms. The monoisotopic (exact) mass is 621 g/mol. The third-order valence-electron chi connectivity index (χ3n) is 5.51. The molecule has 5 amide bonds. The fourth-order valence-corrected chi connectivity index (χ4v) is 4.18. The van der Waals surface area contributed by atoms with Gasteiger partial charge in [0.1, 0.15) is 5.82 Å². The standard InChI is InChI=1S/C24H22FIN4O4.C2H7N/c1-13-20(28-17-5-3-4-16(11-17)27-14(2)31)12-22(32)29(18-7-8-18)24(34)30(23(13)33)21-9-6-15(26)10-19(21)25;1-3-2/h3-6,9-11,18,28H,7-8,12H2,1-2H3,(H,27,31);3H,1-2H3/b20-13+;. The van der Waals surface area contributed by atoms with E-state index in [-0.39, 0.29) is 29.6 Å². The van der Waals surface area contributed by atoms with Crippen LogP contribution in [0, 0.1) is 9.39 Å². The number of nitrogens with zero attached hydrogens (tertiary/aromatic N) is 2. The molecular weight excluding hydrogens is 592 g/mol. The van der Waals surface area contributed by atoms with Crippen LogP contribution in [0.5, 0.6) is 0 Å². The highest BCUT2D eigenvalue weighted by molar-refractivity contribution is 14.1. The minimum atomic E-state index is -0.844. The van der Waals surface area contributed by atoms with E-state index in [2.05, 4.69) is 16.0 Å². The highest BCUT2D eigenvalue weighted by atomic mass is 127. The third-order valence-corrected chi connectivity index (χ3v) is 6.18. The molecule has 0 aromatic heterocycles. The van der Waals surface area contributed by atoms with Crippen LogP contribution < -0.4 is 20.9 Å². The van der Waals surface area contributed by atoms with Crippen molar-refractivity contribution in [2.24, 2.45) is 0 Å². The molecule has 0 saturated heterocycles. The molecule has 2 aromatic rings. The summed E-state index contributed by atoms with van der Waals surface area (Å²) in [6.07, 6.45) is 1.07. The summed E-state index contributed by atoms with van der Waals surface area (Å²) in [4.78, 5) is 53.2. The van der Waals surface area contributed by atoms with Gasteiger partial charge in [0.2, 0.25) is 11.8 Å². The van der Waals surface area contributed by atoms with Crippen molar-refractivity contribution in [1.29, 1.82) is 0 Å². The van der Waals surface area contributed by atoms with Gasteiger partial charge in [0.25, 0.3) is 5.91 Å². The number of nitrogens with one attached hydrogen (secondary N) is 3. The fourth-order valence-electron chi connectivity index (χ4n) is 3.72. The average molecular weight is 621 g/mol. The maximum atomic E-state index is 14.9. The Morgan fingerprint density at radius 1 is 1.05 bits per heavy atom.